The molecular formula is C10H12ClFO2. The number of hydrogen-bond donors (Lipinski definition) is 2. The molecule has 0 aliphatic heterocycles. The molecule has 14 heavy (non-hydrogen) atoms. The van der Waals surface area contributed by atoms with E-state index in [0.29, 0.717) is 17.0 Å². The first-order valence-electron chi connectivity index (χ1n) is 4.33. The number of halogens is 2. The second-order valence-corrected chi connectivity index (χ2v) is 3.58. The van der Waals surface area contributed by atoms with Gasteiger partial charge in [-0.2, -0.15) is 0 Å². The first-order chi connectivity index (χ1) is 6.67. The van der Waals surface area contributed by atoms with E-state index in [4.69, 9.17) is 21.8 Å². The third kappa shape index (κ3) is 2.94. The Balaban J connectivity index is 2.79. The van der Waals surface area contributed by atoms with Gasteiger partial charge in [-0.3, -0.25) is 0 Å². The van der Waals surface area contributed by atoms with Gasteiger partial charge in [0.05, 0.1) is 0 Å². The summed E-state index contributed by atoms with van der Waals surface area (Å²) in [6, 6.07) is 4.07. The molecule has 1 rings (SSSR count). The van der Waals surface area contributed by atoms with Gasteiger partial charge in [-0.25, -0.2) is 4.39 Å². The van der Waals surface area contributed by atoms with E-state index in [0.717, 1.165) is 0 Å². The van der Waals surface area contributed by atoms with Crippen molar-refractivity contribution in [1.29, 1.82) is 0 Å². The first-order valence-corrected chi connectivity index (χ1v) is 4.70. The highest BCUT2D eigenvalue weighted by Crippen LogP contribution is 2.20. The monoisotopic (exact) mass is 218 g/mol. The zero-order valence-electron chi connectivity index (χ0n) is 7.58. The summed E-state index contributed by atoms with van der Waals surface area (Å²) < 4.78 is 12.8. The Labute approximate surface area is 86.9 Å². The predicted octanol–water partition coefficient (Wildman–Crippen LogP) is 1.62. The van der Waals surface area contributed by atoms with Crippen molar-refractivity contribution in [3.63, 3.8) is 0 Å². The van der Waals surface area contributed by atoms with Gasteiger partial charge >= 0.3 is 0 Å². The van der Waals surface area contributed by atoms with Gasteiger partial charge in [0, 0.05) is 24.2 Å². The van der Waals surface area contributed by atoms with Crippen molar-refractivity contribution in [3.8, 4) is 0 Å². The van der Waals surface area contributed by atoms with E-state index >= 15 is 0 Å². The topological polar surface area (TPSA) is 40.5 Å². The summed E-state index contributed by atoms with van der Waals surface area (Å²) >= 11 is 5.82. The number of aliphatic hydroxyl groups excluding tert-OH is 2. The summed E-state index contributed by atoms with van der Waals surface area (Å²) in [4.78, 5) is 0. The smallest absolute Gasteiger partial charge is 0.123 e. The summed E-state index contributed by atoms with van der Waals surface area (Å²) in [5, 5.41) is 18.2. The maximum absolute atomic E-state index is 12.8. The maximum Gasteiger partial charge on any atom is 0.123 e. The van der Waals surface area contributed by atoms with Crippen LogP contribution in [0.5, 0.6) is 0 Å². The van der Waals surface area contributed by atoms with E-state index in [1.54, 1.807) is 0 Å². The zero-order valence-corrected chi connectivity index (χ0v) is 8.34. The molecule has 0 atom stereocenters. The van der Waals surface area contributed by atoms with Crippen LogP contribution in [0, 0.1) is 11.7 Å². The van der Waals surface area contributed by atoms with Crippen molar-refractivity contribution in [2.24, 2.45) is 5.92 Å². The average Bonchev–Trinajstić information content (AvgIpc) is 2.19. The summed E-state index contributed by atoms with van der Waals surface area (Å²) in [5.74, 6) is -0.645. The van der Waals surface area contributed by atoms with Crippen LogP contribution in [-0.2, 0) is 6.42 Å². The molecule has 0 aromatic heterocycles. The molecule has 0 bridgehead atoms. The Hall–Kier alpha value is -0.640. The van der Waals surface area contributed by atoms with Crippen LogP contribution in [0.25, 0.3) is 0 Å². The van der Waals surface area contributed by atoms with Gasteiger partial charge in [0.15, 0.2) is 0 Å². The van der Waals surface area contributed by atoms with Gasteiger partial charge in [0.25, 0.3) is 0 Å². The van der Waals surface area contributed by atoms with Crippen LogP contribution in [0.1, 0.15) is 5.56 Å². The first kappa shape index (κ1) is 11.4. The number of benzene rings is 1. The fourth-order valence-electron chi connectivity index (χ4n) is 1.20. The fourth-order valence-corrected chi connectivity index (χ4v) is 1.39. The minimum Gasteiger partial charge on any atom is -0.396 e. The molecule has 2 N–H and O–H groups in total. The summed E-state index contributed by atoms with van der Waals surface area (Å²) in [5.41, 5.74) is 0.611. The molecule has 0 saturated heterocycles. The van der Waals surface area contributed by atoms with E-state index in [1.807, 2.05) is 0 Å². The van der Waals surface area contributed by atoms with E-state index in [9.17, 15) is 4.39 Å². The normalized spacial score (nSPS) is 10.9. The van der Waals surface area contributed by atoms with Crippen molar-refractivity contribution in [2.45, 2.75) is 6.42 Å². The molecule has 0 aliphatic rings. The minimum atomic E-state index is -0.362. The minimum absolute atomic E-state index is 0.136. The molecule has 0 heterocycles. The van der Waals surface area contributed by atoms with Crippen molar-refractivity contribution in [2.75, 3.05) is 13.2 Å². The van der Waals surface area contributed by atoms with Crippen LogP contribution in [0.3, 0.4) is 0 Å². The van der Waals surface area contributed by atoms with Crippen molar-refractivity contribution in [3.05, 3.63) is 34.6 Å². The third-order valence-electron chi connectivity index (χ3n) is 2.03. The molecule has 0 fully saturated rings. The lowest BCUT2D eigenvalue weighted by Gasteiger charge is -2.11. The van der Waals surface area contributed by atoms with Gasteiger partial charge in [-0.1, -0.05) is 11.6 Å². The van der Waals surface area contributed by atoms with Crippen LogP contribution >= 0.6 is 11.6 Å². The molecule has 1 aromatic carbocycles. The molecule has 0 saturated carbocycles. The fraction of sp³-hybridized carbons (Fsp3) is 0.400. The standard InChI is InChI=1S/C10H12ClFO2/c11-10-2-1-9(12)4-8(10)3-7(5-13)6-14/h1-2,4,7,13-14H,3,5-6H2. The van der Waals surface area contributed by atoms with Gasteiger partial charge in [-0.05, 0) is 30.2 Å². The zero-order chi connectivity index (χ0) is 10.6. The molecule has 0 unspecified atom stereocenters. The summed E-state index contributed by atoms with van der Waals surface area (Å²) in [6.07, 6.45) is 0.379. The quantitative estimate of drug-likeness (QED) is 0.807. The highest BCUT2D eigenvalue weighted by Gasteiger charge is 2.10. The molecule has 0 radical (unpaired) electrons. The van der Waals surface area contributed by atoms with Crippen molar-refractivity contribution >= 4 is 11.6 Å². The highest BCUT2D eigenvalue weighted by atomic mass is 35.5. The van der Waals surface area contributed by atoms with Crippen LogP contribution in [0.2, 0.25) is 5.02 Å². The average molecular weight is 219 g/mol. The molecule has 78 valence electrons. The van der Waals surface area contributed by atoms with Crippen molar-refractivity contribution < 1.29 is 14.6 Å². The Morgan fingerprint density at radius 1 is 1.29 bits per heavy atom. The Kier molecular flexibility index (Phi) is 4.32. The van der Waals surface area contributed by atoms with Crippen LogP contribution < -0.4 is 0 Å². The molecule has 0 amide bonds. The van der Waals surface area contributed by atoms with E-state index in [1.165, 1.54) is 18.2 Å². The summed E-state index contributed by atoms with van der Waals surface area (Å²) in [6.45, 7) is -0.271. The Bertz CT molecular complexity index is 300. The van der Waals surface area contributed by atoms with Gasteiger partial charge < -0.3 is 10.2 Å². The van der Waals surface area contributed by atoms with Gasteiger partial charge in [-0.15, -0.1) is 0 Å². The van der Waals surface area contributed by atoms with Gasteiger partial charge in [0.1, 0.15) is 5.82 Å². The number of rotatable bonds is 4. The van der Waals surface area contributed by atoms with Gasteiger partial charge in [0.2, 0.25) is 0 Å². The second kappa shape index (κ2) is 5.29. The maximum atomic E-state index is 12.8. The van der Waals surface area contributed by atoms with E-state index in [-0.39, 0.29) is 24.9 Å². The summed E-state index contributed by atoms with van der Waals surface area (Å²) in [7, 11) is 0. The molecule has 4 heteroatoms. The lowest BCUT2D eigenvalue weighted by Crippen LogP contribution is -2.14. The van der Waals surface area contributed by atoms with E-state index in [2.05, 4.69) is 0 Å². The van der Waals surface area contributed by atoms with Crippen LogP contribution in [0.15, 0.2) is 18.2 Å². The second-order valence-electron chi connectivity index (χ2n) is 3.17. The van der Waals surface area contributed by atoms with Crippen molar-refractivity contribution in [1.82, 2.24) is 0 Å². The highest BCUT2D eigenvalue weighted by molar-refractivity contribution is 6.31. The molecule has 1 aromatic rings. The number of hydrogen-bond acceptors (Lipinski definition) is 2. The molecule has 0 aliphatic carbocycles. The lowest BCUT2D eigenvalue weighted by atomic mass is 10.0. The molecule has 2 nitrogen and oxygen atoms in total. The number of aliphatic hydroxyl groups is 2. The van der Waals surface area contributed by atoms with Crippen LogP contribution in [0.4, 0.5) is 4.39 Å². The third-order valence-corrected chi connectivity index (χ3v) is 2.40. The predicted molar refractivity (Wildman–Crippen MR) is 52.8 cm³/mol. The van der Waals surface area contributed by atoms with E-state index < -0.39 is 0 Å². The molecular weight excluding hydrogens is 207 g/mol. The Morgan fingerprint density at radius 2 is 1.93 bits per heavy atom. The largest absolute Gasteiger partial charge is 0.396 e. The Morgan fingerprint density at radius 3 is 2.50 bits per heavy atom. The van der Waals surface area contributed by atoms with Crippen LogP contribution in [-0.4, -0.2) is 23.4 Å². The molecule has 0 spiro atoms. The SMILES string of the molecule is OCC(CO)Cc1cc(F)ccc1Cl. The lowest BCUT2D eigenvalue weighted by molar-refractivity contribution is 0.150.